The van der Waals surface area contributed by atoms with E-state index in [-0.39, 0.29) is 0 Å². The molecule has 0 aliphatic heterocycles. The summed E-state index contributed by atoms with van der Waals surface area (Å²) in [6.45, 7) is 62.8. The summed E-state index contributed by atoms with van der Waals surface area (Å²) in [4.78, 5) is 0. The van der Waals surface area contributed by atoms with Crippen molar-refractivity contribution in [3.8, 4) is 0 Å². The zero-order valence-corrected chi connectivity index (χ0v) is 63.0. The molecule has 1 rings (SSSR count). The van der Waals surface area contributed by atoms with Gasteiger partial charge in [-0.15, -0.1) is 0 Å². The van der Waals surface area contributed by atoms with Gasteiger partial charge in [0.25, 0.3) is 9.28 Å². The summed E-state index contributed by atoms with van der Waals surface area (Å²) in [5.74, 6) is 0. The van der Waals surface area contributed by atoms with E-state index in [1.54, 1.807) is 0 Å². The maximum Gasteiger partial charge on any atom is 0.314 e. The topological polar surface area (TPSA) is 129 Å². The standard InChI is InChI=1S/C38H98O14Si15/c1-53(39-54(2,3)4)40-56(7,8)42-58(11,12)44-60(15,16)46-62(19,20)48-64(23,24)50-66(27,28)52-67(29,30)51-65(25,26)49-63(21,22)47-61(17,18)45-59(13,14)43-57(9,10)41-55(5,6)37-36-38-34-32-31-33-35-38/h31-37,53H,1-30H3. The smallest absolute Gasteiger partial charge is 0.314 e. The number of hydrogen-bond acceptors (Lipinski definition) is 14. The van der Waals surface area contributed by atoms with E-state index in [0.717, 1.165) is 5.56 Å². The lowest BCUT2D eigenvalue weighted by atomic mass is 10.2. The van der Waals surface area contributed by atoms with Gasteiger partial charge in [0, 0.05) is 0 Å². The molecule has 0 spiro atoms. The minimum Gasteiger partial charge on any atom is -0.439 e. The van der Waals surface area contributed by atoms with Gasteiger partial charge in [-0.2, -0.15) is 0 Å². The molecule has 67 heavy (non-hydrogen) atoms. The summed E-state index contributed by atoms with van der Waals surface area (Å²) >= 11 is 0. The highest BCUT2D eigenvalue weighted by Crippen LogP contribution is 2.32. The number of benzene rings is 1. The molecule has 14 nitrogen and oxygen atoms in total. The van der Waals surface area contributed by atoms with Gasteiger partial charge in [0.15, 0.2) is 8.32 Å². The molecule has 0 aromatic heterocycles. The summed E-state index contributed by atoms with van der Waals surface area (Å²) in [5, 5.41) is 0. The molecule has 29 heteroatoms. The molecular weight excluding hydrogens is 1100 g/mol. The summed E-state index contributed by atoms with van der Waals surface area (Å²) in [6, 6.07) is 10.3. The summed E-state index contributed by atoms with van der Waals surface area (Å²) in [7, 11) is -38.3. The van der Waals surface area contributed by atoms with Crippen LogP contribution in [0.3, 0.4) is 0 Å². The quantitative estimate of drug-likeness (QED) is 0.0678. The molecule has 1 aromatic rings. The minimum atomic E-state index is -2.80. The van der Waals surface area contributed by atoms with Crippen molar-refractivity contribution in [2.45, 2.75) is 196 Å². The molecule has 0 saturated heterocycles. The largest absolute Gasteiger partial charge is 0.439 e. The molecule has 0 radical (unpaired) electrons. The van der Waals surface area contributed by atoms with Crippen molar-refractivity contribution in [2.24, 2.45) is 0 Å². The number of rotatable bonds is 30. The Morgan fingerprint density at radius 1 is 0.299 bits per heavy atom. The third kappa shape index (κ3) is 30.6. The first-order valence-corrected chi connectivity index (χ1v) is 66.0. The van der Waals surface area contributed by atoms with E-state index < -0.39 is 129 Å². The zero-order valence-electron chi connectivity index (χ0n) is 47.8. The fourth-order valence-corrected chi connectivity index (χ4v) is 81.6. The van der Waals surface area contributed by atoms with Crippen LogP contribution >= 0.6 is 0 Å². The zero-order chi connectivity index (χ0) is 53.0. The lowest BCUT2D eigenvalue weighted by Crippen LogP contribution is -2.63. The Morgan fingerprint density at radius 2 is 0.522 bits per heavy atom. The monoisotopic (exact) mass is 1200 g/mol. The average molecular weight is 1200 g/mol. The SMILES string of the molecule is C[SiH](O[Si](C)(C)C)O[Si](C)(C)O[Si](C)(C)O[Si](C)(C)O[Si](C)(C)O[Si](C)(C)O[Si](C)(C)O[Si](C)(C)O[Si](C)(C)O[Si](C)(C)O[Si](C)(C)O[Si](C)(C)O[Si](C)(C)O[Si](C)(C)C=Cc1ccccc1. The van der Waals surface area contributed by atoms with Gasteiger partial charge in [0.1, 0.15) is 0 Å². The van der Waals surface area contributed by atoms with E-state index in [9.17, 15) is 0 Å². The Morgan fingerprint density at radius 3 is 0.761 bits per heavy atom. The second-order valence-corrected chi connectivity index (χ2v) is 78.5. The van der Waals surface area contributed by atoms with E-state index in [0.29, 0.717) is 0 Å². The molecule has 0 aliphatic rings. The predicted molar refractivity (Wildman–Crippen MR) is 314 cm³/mol. The lowest BCUT2D eigenvalue weighted by Gasteiger charge is -2.45. The van der Waals surface area contributed by atoms with Crippen LogP contribution in [0.1, 0.15) is 5.56 Å². The normalized spacial score (nSPS) is 16.0. The van der Waals surface area contributed by atoms with Gasteiger partial charge in [-0.3, -0.25) is 0 Å². The van der Waals surface area contributed by atoms with Gasteiger partial charge in [-0.1, -0.05) is 42.1 Å². The maximum atomic E-state index is 6.90. The molecule has 0 saturated carbocycles. The van der Waals surface area contributed by atoms with Crippen molar-refractivity contribution >= 4 is 135 Å². The predicted octanol–water partition coefficient (Wildman–Crippen LogP) is 12.8. The van der Waals surface area contributed by atoms with Gasteiger partial charge >= 0.3 is 103 Å². The Hall–Kier alpha value is 1.65. The van der Waals surface area contributed by atoms with Crippen molar-refractivity contribution in [2.75, 3.05) is 0 Å². The highest BCUT2D eigenvalue weighted by molar-refractivity contribution is 6.94. The van der Waals surface area contributed by atoms with Crippen molar-refractivity contribution in [1.29, 1.82) is 0 Å². The Kier molecular flexibility index (Phi) is 23.6. The highest BCUT2D eigenvalue weighted by atomic mass is 28.5. The van der Waals surface area contributed by atoms with Crippen LogP contribution in [0.5, 0.6) is 0 Å². The summed E-state index contributed by atoms with van der Waals surface area (Å²) in [6.07, 6.45) is 2.15. The minimum absolute atomic E-state index is 1.16. The van der Waals surface area contributed by atoms with E-state index in [1.165, 1.54) is 0 Å². The summed E-state index contributed by atoms with van der Waals surface area (Å²) in [5.41, 5.74) is 3.39. The third-order valence-corrected chi connectivity index (χ3v) is 64.4. The average Bonchev–Trinajstić information content (AvgIpc) is 2.91. The van der Waals surface area contributed by atoms with Crippen LogP contribution < -0.4 is 0 Å². The van der Waals surface area contributed by atoms with Crippen LogP contribution in [0.15, 0.2) is 36.0 Å². The van der Waals surface area contributed by atoms with Crippen molar-refractivity contribution in [1.82, 2.24) is 0 Å². The molecule has 0 amide bonds. The molecular formula is C38H98O14Si15. The summed E-state index contributed by atoms with van der Waals surface area (Å²) < 4.78 is 94.8. The molecule has 1 unspecified atom stereocenters. The maximum absolute atomic E-state index is 6.90. The molecule has 0 N–H and O–H groups in total. The van der Waals surface area contributed by atoms with Gasteiger partial charge in [-0.05, 0) is 202 Å². The Bertz CT molecular complexity index is 1740. The molecule has 0 aliphatic carbocycles. The van der Waals surface area contributed by atoms with Crippen molar-refractivity contribution < 1.29 is 57.6 Å². The van der Waals surface area contributed by atoms with Gasteiger partial charge in [0.2, 0.25) is 8.32 Å². The highest BCUT2D eigenvalue weighted by Gasteiger charge is 2.52. The Labute approximate surface area is 427 Å². The van der Waals surface area contributed by atoms with Crippen LogP contribution in [0.2, 0.25) is 196 Å². The first kappa shape index (κ1) is 66.7. The van der Waals surface area contributed by atoms with Gasteiger partial charge in [0.05, 0.1) is 0 Å². The van der Waals surface area contributed by atoms with Crippen LogP contribution in [0.25, 0.3) is 6.08 Å². The molecule has 394 valence electrons. The second kappa shape index (κ2) is 23.7. The molecule has 1 atom stereocenters. The second-order valence-electron chi connectivity index (χ2n) is 24.3. The number of hydrogen-bond donors (Lipinski definition) is 0. The van der Waals surface area contributed by atoms with Crippen LogP contribution in [-0.4, -0.2) is 129 Å². The van der Waals surface area contributed by atoms with E-state index in [4.69, 9.17) is 57.6 Å². The first-order valence-electron chi connectivity index (χ1n) is 23.7. The molecule has 0 bridgehead atoms. The van der Waals surface area contributed by atoms with Crippen LogP contribution in [0, 0.1) is 0 Å². The first-order chi connectivity index (χ1) is 29.2. The van der Waals surface area contributed by atoms with Gasteiger partial charge in [-0.25, -0.2) is 0 Å². The third-order valence-electron chi connectivity index (χ3n) is 8.36. The molecule has 0 fully saturated rings. The van der Waals surface area contributed by atoms with E-state index in [1.807, 2.05) is 18.2 Å². The fraction of sp³-hybridized carbons (Fsp3) is 0.789. The van der Waals surface area contributed by atoms with Crippen molar-refractivity contribution in [3.05, 3.63) is 41.6 Å². The molecule has 1 aromatic carbocycles. The van der Waals surface area contributed by atoms with E-state index in [2.05, 4.69) is 220 Å². The fourth-order valence-electron chi connectivity index (χ4n) is 9.21. The van der Waals surface area contributed by atoms with Crippen LogP contribution in [0.4, 0.5) is 0 Å². The lowest BCUT2D eigenvalue weighted by molar-refractivity contribution is 0.251. The molecule has 0 heterocycles. The van der Waals surface area contributed by atoms with Gasteiger partial charge < -0.3 is 57.6 Å². The van der Waals surface area contributed by atoms with E-state index >= 15 is 0 Å². The Balaban J connectivity index is 2.93. The van der Waals surface area contributed by atoms with Crippen molar-refractivity contribution in [3.63, 3.8) is 0 Å². The van der Waals surface area contributed by atoms with Crippen LogP contribution in [-0.2, 0) is 57.6 Å².